The number of Topliss-reactive ketones (excluding diaryl/α,β-unsaturated/α-hetero) is 1. The molecule has 0 N–H and O–H groups in total. The van der Waals surface area contributed by atoms with Crippen LogP contribution >= 0.6 is 0 Å². The van der Waals surface area contributed by atoms with Crippen molar-refractivity contribution in [2.45, 2.75) is 38.2 Å². The fourth-order valence-corrected chi connectivity index (χ4v) is 3.04. The van der Waals surface area contributed by atoms with Crippen LogP contribution in [-0.4, -0.2) is 11.4 Å². The van der Waals surface area contributed by atoms with Crippen LogP contribution < -0.4 is 4.74 Å². The second-order valence-corrected chi connectivity index (χ2v) is 5.06. The van der Waals surface area contributed by atoms with E-state index < -0.39 is 0 Å². The van der Waals surface area contributed by atoms with Gasteiger partial charge in [0.1, 0.15) is 11.4 Å². The molecule has 16 heavy (non-hydrogen) atoms. The molecule has 1 aromatic rings. The highest BCUT2D eigenvalue weighted by Crippen LogP contribution is 2.46. The maximum atomic E-state index is 12.1. The van der Waals surface area contributed by atoms with Crippen LogP contribution in [0.15, 0.2) is 24.3 Å². The molecule has 1 aliphatic heterocycles. The Hall–Kier alpha value is -1.31. The molecular formula is C14H16O2. The minimum Gasteiger partial charge on any atom is -0.486 e. The van der Waals surface area contributed by atoms with E-state index in [0.29, 0.717) is 12.3 Å². The summed E-state index contributed by atoms with van der Waals surface area (Å²) >= 11 is 0. The topological polar surface area (TPSA) is 26.3 Å². The van der Waals surface area contributed by atoms with Gasteiger partial charge in [-0.15, -0.1) is 0 Å². The summed E-state index contributed by atoms with van der Waals surface area (Å²) in [7, 11) is 0. The van der Waals surface area contributed by atoms with Crippen LogP contribution in [0.3, 0.4) is 0 Å². The Morgan fingerprint density at radius 3 is 2.94 bits per heavy atom. The van der Waals surface area contributed by atoms with Gasteiger partial charge in [-0.1, -0.05) is 19.1 Å². The zero-order chi connectivity index (χ0) is 11.2. The predicted octanol–water partition coefficient (Wildman–Crippen LogP) is 3.21. The maximum Gasteiger partial charge on any atom is 0.170 e. The molecule has 1 heterocycles. The number of benzene rings is 1. The zero-order valence-electron chi connectivity index (χ0n) is 9.53. The van der Waals surface area contributed by atoms with Gasteiger partial charge in [-0.3, -0.25) is 4.79 Å². The summed E-state index contributed by atoms with van der Waals surface area (Å²) in [5.41, 5.74) is 0.554. The second-order valence-electron chi connectivity index (χ2n) is 5.06. The van der Waals surface area contributed by atoms with E-state index >= 15 is 0 Å². The van der Waals surface area contributed by atoms with Crippen molar-refractivity contribution in [3.63, 3.8) is 0 Å². The van der Waals surface area contributed by atoms with Crippen molar-refractivity contribution in [2.75, 3.05) is 0 Å². The Balaban J connectivity index is 2.03. The van der Waals surface area contributed by atoms with E-state index in [0.717, 1.165) is 17.7 Å². The molecule has 2 unspecified atom stereocenters. The summed E-state index contributed by atoms with van der Waals surface area (Å²) in [5.74, 6) is 1.52. The van der Waals surface area contributed by atoms with Gasteiger partial charge in [0.05, 0.1) is 12.0 Å². The molecule has 1 fully saturated rings. The minimum atomic E-state index is -0.203. The normalized spacial score (nSPS) is 32.6. The van der Waals surface area contributed by atoms with E-state index in [1.54, 1.807) is 0 Å². The molecule has 84 valence electrons. The van der Waals surface area contributed by atoms with Crippen molar-refractivity contribution in [1.82, 2.24) is 0 Å². The number of hydrogen-bond acceptors (Lipinski definition) is 2. The first-order valence-corrected chi connectivity index (χ1v) is 6.02. The number of rotatable bonds is 0. The SMILES string of the molecule is CC1CCCC12CC(=O)c1ccccc1O2. The molecule has 0 aromatic heterocycles. The van der Waals surface area contributed by atoms with E-state index in [1.807, 2.05) is 24.3 Å². The van der Waals surface area contributed by atoms with E-state index in [4.69, 9.17) is 4.74 Å². The van der Waals surface area contributed by atoms with Crippen LogP contribution in [0.5, 0.6) is 5.75 Å². The molecule has 0 bridgehead atoms. The van der Waals surface area contributed by atoms with E-state index in [9.17, 15) is 4.79 Å². The van der Waals surface area contributed by atoms with Crippen LogP contribution in [0.2, 0.25) is 0 Å². The van der Waals surface area contributed by atoms with Crippen molar-refractivity contribution in [3.8, 4) is 5.75 Å². The van der Waals surface area contributed by atoms with E-state index in [-0.39, 0.29) is 11.4 Å². The van der Waals surface area contributed by atoms with Gasteiger partial charge in [-0.05, 0) is 37.3 Å². The average Bonchev–Trinajstić information content (AvgIpc) is 2.60. The second kappa shape index (κ2) is 3.34. The number of carbonyl (C=O) groups is 1. The van der Waals surface area contributed by atoms with Gasteiger partial charge in [0.25, 0.3) is 0 Å². The molecule has 1 saturated carbocycles. The number of para-hydroxylation sites is 1. The van der Waals surface area contributed by atoms with Crippen molar-refractivity contribution in [2.24, 2.45) is 5.92 Å². The third-order valence-corrected chi connectivity index (χ3v) is 4.10. The van der Waals surface area contributed by atoms with Crippen LogP contribution in [0.4, 0.5) is 0 Å². The summed E-state index contributed by atoms with van der Waals surface area (Å²) in [4.78, 5) is 12.1. The van der Waals surface area contributed by atoms with Crippen molar-refractivity contribution in [1.29, 1.82) is 0 Å². The summed E-state index contributed by atoms with van der Waals surface area (Å²) < 4.78 is 6.14. The summed E-state index contributed by atoms with van der Waals surface area (Å²) in [6.45, 7) is 2.20. The lowest BCUT2D eigenvalue weighted by Gasteiger charge is -2.38. The molecule has 0 amide bonds. The Morgan fingerprint density at radius 1 is 1.38 bits per heavy atom. The van der Waals surface area contributed by atoms with Gasteiger partial charge in [-0.2, -0.15) is 0 Å². The predicted molar refractivity (Wildman–Crippen MR) is 61.8 cm³/mol. The minimum absolute atomic E-state index is 0.203. The number of hydrogen-bond donors (Lipinski definition) is 0. The number of fused-ring (bicyclic) bond motifs is 1. The standard InChI is InChI=1S/C14H16O2/c1-10-5-4-8-14(10)9-12(15)11-6-2-3-7-13(11)16-14/h2-3,6-7,10H,4-5,8-9H2,1H3. The Bertz CT molecular complexity index is 438. The summed E-state index contributed by atoms with van der Waals surface area (Å²) in [5, 5.41) is 0. The van der Waals surface area contributed by atoms with Gasteiger partial charge in [0.15, 0.2) is 5.78 Å². The first kappa shape index (κ1) is 9.88. The molecule has 1 aliphatic carbocycles. The van der Waals surface area contributed by atoms with Gasteiger partial charge >= 0.3 is 0 Å². The molecule has 2 heteroatoms. The molecule has 2 aliphatic rings. The highest BCUT2D eigenvalue weighted by Gasteiger charge is 2.47. The van der Waals surface area contributed by atoms with Crippen LogP contribution in [0, 0.1) is 5.92 Å². The number of ketones is 1. The molecular weight excluding hydrogens is 200 g/mol. The fourth-order valence-electron chi connectivity index (χ4n) is 3.04. The lowest BCUT2D eigenvalue weighted by Crippen LogP contribution is -2.44. The van der Waals surface area contributed by atoms with Crippen molar-refractivity contribution >= 4 is 5.78 Å². The highest BCUT2D eigenvalue weighted by atomic mass is 16.5. The molecule has 0 saturated heterocycles. The lowest BCUT2D eigenvalue weighted by molar-refractivity contribution is 0.0179. The third kappa shape index (κ3) is 1.29. The van der Waals surface area contributed by atoms with Gasteiger partial charge in [0, 0.05) is 0 Å². The molecule has 2 nitrogen and oxygen atoms in total. The Morgan fingerprint density at radius 2 is 2.19 bits per heavy atom. The highest BCUT2D eigenvalue weighted by molar-refractivity contribution is 6.00. The quantitative estimate of drug-likeness (QED) is 0.665. The molecule has 1 aromatic carbocycles. The van der Waals surface area contributed by atoms with Crippen molar-refractivity contribution < 1.29 is 9.53 Å². The van der Waals surface area contributed by atoms with Gasteiger partial charge < -0.3 is 4.74 Å². The first-order valence-electron chi connectivity index (χ1n) is 6.02. The lowest BCUT2D eigenvalue weighted by atomic mass is 9.83. The summed E-state index contributed by atoms with van der Waals surface area (Å²) in [6.07, 6.45) is 3.94. The smallest absolute Gasteiger partial charge is 0.170 e. The average molecular weight is 216 g/mol. The van der Waals surface area contributed by atoms with Crippen LogP contribution in [0.1, 0.15) is 43.0 Å². The van der Waals surface area contributed by atoms with Crippen molar-refractivity contribution in [3.05, 3.63) is 29.8 Å². The monoisotopic (exact) mass is 216 g/mol. The molecule has 0 radical (unpaired) electrons. The van der Waals surface area contributed by atoms with Crippen LogP contribution in [-0.2, 0) is 0 Å². The van der Waals surface area contributed by atoms with Gasteiger partial charge in [0.2, 0.25) is 0 Å². The molecule has 3 rings (SSSR count). The zero-order valence-corrected chi connectivity index (χ0v) is 9.53. The maximum absolute atomic E-state index is 12.1. The Kier molecular flexibility index (Phi) is 2.06. The van der Waals surface area contributed by atoms with Crippen LogP contribution in [0.25, 0.3) is 0 Å². The molecule has 2 atom stereocenters. The third-order valence-electron chi connectivity index (χ3n) is 4.10. The largest absolute Gasteiger partial charge is 0.486 e. The Labute approximate surface area is 95.6 Å². The number of ether oxygens (including phenoxy) is 1. The molecule has 1 spiro atoms. The van der Waals surface area contributed by atoms with E-state index in [1.165, 1.54) is 12.8 Å². The van der Waals surface area contributed by atoms with Gasteiger partial charge in [-0.25, -0.2) is 0 Å². The number of carbonyl (C=O) groups excluding carboxylic acids is 1. The fraction of sp³-hybridized carbons (Fsp3) is 0.500. The summed E-state index contributed by atoms with van der Waals surface area (Å²) in [6, 6.07) is 7.62. The first-order chi connectivity index (χ1) is 7.71. The van der Waals surface area contributed by atoms with E-state index in [2.05, 4.69) is 6.92 Å².